The van der Waals surface area contributed by atoms with Crippen molar-refractivity contribution in [1.29, 1.82) is 0 Å². The van der Waals surface area contributed by atoms with Crippen LogP contribution in [0.1, 0.15) is 44.9 Å². The summed E-state index contributed by atoms with van der Waals surface area (Å²) < 4.78 is 12.0. The molecule has 0 saturated heterocycles. The second-order valence-electron chi connectivity index (χ2n) is 6.30. The number of rotatable bonds is 7. The van der Waals surface area contributed by atoms with Crippen molar-refractivity contribution < 1.29 is 9.18 Å². The first kappa shape index (κ1) is 16.4. The highest BCUT2D eigenvalue weighted by molar-refractivity contribution is 6.83. The third kappa shape index (κ3) is 5.47. The maximum absolute atomic E-state index is 12.0. The van der Waals surface area contributed by atoms with Gasteiger partial charge in [0.05, 0.1) is 14.7 Å². The van der Waals surface area contributed by atoms with E-state index < -0.39 is 8.07 Å². The Labute approximate surface area is 117 Å². The van der Waals surface area contributed by atoms with Crippen molar-refractivity contribution in [3.8, 4) is 0 Å². The summed E-state index contributed by atoms with van der Waals surface area (Å²) in [6.45, 7) is 8.38. The molecule has 2 nitrogen and oxygen atoms in total. The molecule has 1 aliphatic carbocycles. The van der Waals surface area contributed by atoms with Gasteiger partial charge in [-0.1, -0.05) is 25.9 Å². The second-order valence-corrected chi connectivity index (χ2v) is 11.2. The van der Waals surface area contributed by atoms with Gasteiger partial charge in [0, 0.05) is 12.5 Å². The lowest BCUT2D eigenvalue weighted by Gasteiger charge is -2.37. The Morgan fingerprint density at radius 2 is 2.16 bits per heavy atom. The maximum atomic E-state index is 12.0. The lowest BCUT2D eigenvalue weighted by molar-refractivity contribution is -0.122. The Kier molecular flexibility index (Phi) is 6.76. The quantitative estimate of drug-likeness (QED) is 0.556. The van der Waals surface area contributed by atoms with Crippen LogP contribution in [0, 0.1) is 0 Å². The number of carbonyl (C=O) groups is 1. The SMILES string of the molecule is C=C[Si](C)(C)C1CCCC(NC(=O)CCCCF)C1. The van der Waals surface area contributed by atoms with E-state index in [0.717, 1.165) is 18.4 Å². The van der Waals surface area contributed by atoms with E-state index in [4.69, 9.17) is 0 Å². The Morgan fingerprint density at radius 1 is 1.42 bits per heavy atom. The molecule has 0 aromatic heterocycles. The summed E-state index contributed by atoms with van der Waals surface area (Å²) in [6, 6.07) is 0.323. The van der Waals surface area contributed by atoms with Gasteiger partial charge in [-0.2, -0.15) is 0 Å². The Bertz CT molecular complexity index is 307. The Balaban J connectivity index is 2.38. The third-order valence-electron chi connectivity index (χ3n) is 4.41. The van der Waals surface area contributed by atoms with Crippen molar-refractivity contribution in [3.63, 3.8) is 0 Å². The van der Waals surface area contributed by atoms with E-state index in [1.165, 1.54) is 12.8 Å². The van der Waals surface area contributed by atoms with E-state index in [-0.39, 0.29) is 12.6 Å². The zero-order chi connectivity index (χ0) is 14.3. The molecule has 4 heteroatoms. The first-order valence-corrected chi connectivity index (χ1v) is 10.6. The van der Waals surface area contributed by atoms with Gasteiger partial charge in [-0.05, 0) is 31.2 Å². The molecule has 1 rings (SSSR count). The fourth-order valence-electron chi connectivity index (χ4n) is 2.84. The van der Waals surface area contributed by atoms with Gasteiger partial charge in [0.2, 0.25) is 5.91 Å². The predicted molar refractivity (Wildman–Crippen MR) is 81.7 cm³/mol. The predicted octanol–water partition coefficient (Wildman–Crippen LogP) is 3.99. The average molecular weight is 285 g/mol. The van der Waals surface area contributed by atoms with E-state index in [9.17, 15) is 9.18 Å². The van der Waals surface area contributed by atoms with Crippen molar-refractivity contribution in [2.75, 3.05) is 6.67 Å². The van der Waals surface area contributed by atoms with E-state index >= 15 is 0 Å². The summed E-state index contributed by atoms with van der Waals surface area (Å²) >= 11 is 0. The highest BCUT2D eigenvalue weighted by Crippen LogP contribution is 2.37. The molecule has 1 saturated carbocycles. The smallest absolute Gasteiger partial charge is 0.220 e. The summed E-state index contributed by atoms with van der Waals surface area (Å²) in [5, 5.41) is 3.13. The van der Waals surface area contributed by atoms with Gasteiger partial charge < -0.3 is 5.32 Å². The van der Waals surface area contributed by atoms with Gasteiger partial charge in [-0.25, -0.2) is 0 Å². The van der Waals surface area contributed by atoms with Crippen molar-refractivity contribution >= 4 is 14.0 Å². The first-order chi connectivity index (χ1) is 8.99. The van der Waals surface area contributed by atoms with Gasteiger partial charge in [0.15, 0.2) is 0 Å². The van der Waals surface area contributed by atoms with Gasteiger partial charge >= 0.3 is 0 Å². The molecule has 0 spiro atoms. The number of halogens is 1. The van der Waals surface area contributed by atoms with Gasteiger partial charge in [0.1, 0.15) is 0 Å². The standard InChI is InChI=1S/C15H28FNOSi/c1-4-19(2,3)14-9-7-8-13(12-14)17-15(18)10-5-6-11-16/h4,13-14H,1,5-12H2,2-3H3,(H,17,18). The van der Waals surface area contributed by atoms with Crippen LogP contribution >= 0.6 is 0 Å². The molecule has 1 fully saturated rings. The minimum Gasteiger partial charge on any atom is -0.353 e. The van der Waals surface area contributed by atoms with Crippen LogP contribution in [0.15, 0.2) is 12.3 Å². The number of hydrogen-bond donors (Lipinski definition) is 1. The Morgan fingerprint density at radius 3 is 2.79 bits per heavy atom. The summed E-state index contributed by atoms with van der Waals surface area (Å²) in [4.78, 5) is 11.8. The molecule has 110 valence electrons. The molecule has 2 unspecified atom stereocenters. The van der Waals surface area contributed by atoms with Crippen LogP contribution in [0.2, 0.25) is 18.6 Å². The van der Waals surface area contributed by atoms with Crippen LogP contribution in [-0.4, -0.2) is 26.7 Å². The number of nitrogens with one attached hydrogen (secondary N) is 1. The van der Waals surface area contributed by atoms with Crippen molar-refractivity contribution in [2.45, 2.75) is 69.6 Å². The number of amides is 1. The maximum Gasteiger partial charge on any atom is 0.220 e. The molecule has 0 aliphatic heterocycles. The lowest BCUT2D eigenvalue weighted by Crippen LogP contribution is -2.42. The van der Waals surface area contributed by atoms with Crippen LogP contribution in [0.25, 0.3) is 0 Å². The zero-order valence-corrected chi connectivity index (χ0v) is 13.4. The molecule has 0 radical (unpaired) electrons. The highest BCUT2D eigenvalue weighted by Gasteiger charge is 2.33. The average Bonchev–Trinajstić information content (AvgIpc) is 2.39. The molecular formula is C15H28FNOSi. The van der Waals surface area contributed by atoms with Crippen molar-refractivity contribution in [3.05, 3.63) is 12.3 Å². The third-order valence-corrected chi connectivity index (χ3v) is 8.09. The van der Waals surface area contributed by atoms with Gasteiger partial charge in [-0.3, -0.25) is 9.18 Å². The largest absolute Gasteiger partial charge is 0.353 e. The topological polar surface area (TPSA) is 29.1 Å². The summed E-state index contributed by atoms with van der Waals surface area (Å²) in [7, 11) is -1.34. The molecule has 0 aromatic carbocycles. The second kappa shape index (κ2) is 7.83. The van der Waals surface area contributed by atoms with Gasteiger partial charge in [0.25, 0.3) is 0 Å². The van der Waals surface area contributed by atoms with Crippen LogP contribution in [0.3, 0.4) is 0 Å². The molecule has 0 bridgehead atoms. The minimum absolute atomic E-state index is 0.0946. The molecule has 1 aliphatic rings. The van der Waals surface area contributed by atoms with E-state index in [1.807, 2.05) is 0 Å². The number of carbonyl (C=O) groups excluding carboxylic acids is 1. The lowest BCUT2D eigenvalue weighted by atomic mass is 9.94. The molecule has 0 aromatic rings. The number of alkyl halides is 1. The van der Waals surface area contributed by atoms with Crippen molar-refractivity contribution in [1.82, 2.24) is 5.32 Å². The normalized spacial score (nSPS) is 23.9. The van der Waals surface area contributed by atoms with Crippen molar-refractivity contribution in [2.24, 2.45) is 0 Å². The highest BCUT2D eigenvalue weighted by atomic mass is 28.3. The summed E-state index contributed by atoms with van der Waals surface area (Å²) in [5.41, 5.74) is 2.90. The van der Waals surface area contributed by atoms with Crippen LogP contribution in [-0.2, 0) is 4.79 Å². The Hall–Kier alpha value is -0.643. The zero-order valence-electron chi connectivity index (χ0n) is 12.4. The minimum atomic E-state index is -1.34. The molecular weight excluding hydrogens is 257 g/mol. The van der Waals surface area contributed by atoms with Gasteiger partial charge in [-0.15, -0.1) is 12.3 Å². The van der Waals surface area contributed by atoms with Crippen LogP contribution in [0.4, 0.5) is 4.39 Å². The molecule has 2 atom stereocenters. The fraction of sp³-hybridized carbons (Fsp3) is 0.800. The molecule has 1 N–H and O–H groups in total. The molecule has 19 heavy (non-hydrogen) atoms. The molecule has 0 heterocycles. The van der Waals surface area contributed by atoms with E-state index in [1.54, 1.807) is 0 Å². The first-order valence-electron chi connectivity index (χ1n) is 7.48. The molecule has 1 amide bonds. The van der Waals surface area contributed by atoms with E-state index in [2.05, 4.69) is 30.7 Å². The van der Waals surface area contributed by atoms with Crippen LogP contribution in [0.5, 0.6) is 0 Å². The number of hydrogen-bond acceptors (Lipinski definition) is 1. The fourth-order valence-corrected chi connectivity index (χ4v) is 5.02. The monoisotopic (exact) mass is 285 g/mol. The number of unbranched alkanes of at least 4 members (excludes halogenated alkanes) is 1. The summed E-state index contributed by atoms with van der Waals surface area (Å²) in [6.07, 6.45) is 6.28. The summed E-state index contributed by atoms with van der Waals surface area (Å²) in [5.74, 6) is 0.0946. The van der Waals surface area contributed by atoms with Crippen LogP contribution < -0.4 is 5.32 Å². The van der Waals surface area contributed by atoms with E-state index in [0.29, 0.717) is 25.3 Å².